The number of rotatable bonds is 5. The lowest BCUT2D eigenvalue weighted by atomic mass is 10.1. The lowest BCUT2D eigenvalue weighted by Crippen LogP contribution is -2.40. The average molecular weight is 320 g/mol. The lowest BCUT2D eigenvalue weighted by molar-refractivity contribution is 0.258. The molecule has 6 nitrogen and oxygen atoms in total. The smallest absolute Gasteiger partial charge is 0.214 e. The van der Waals surface area contributed by atoms with Gasteiger partial charge in [-0.15, -0.1) is 5.10 Å². The maximum Gasteiger partial charge on any atom is 0.214 e. The zero-order valence-electron chi connectivity index (χ0n) is 12.4. The monoisotopic (exact) mass is 320 g/mol. The molecule has 1 aliphatic rings. The Labute approximate surface area is 130 Å². The topological polar surface area (TPSA) is 68.1 Å². The van der Waals surface area contributed by atoms with Crippen molar-refractivity contribution in [3.63, 3.8) is 0 Å². The van der Waals surface area contributed by atoms with E-state index in [-0.39, 0.29) is 11.8 Å². The third-order valence-electron chi connectivity index (χ3n) is 4.12. The lowest BCUT2D eigenvalue weighted by Gasteiger charge is -2.31. The quantitative estimate of drug-likeness (QED) is 0.837. The summed E-state index contributed by atoms with van der Waals surface area (Å²) in [4.78, 5) is 0. The molecule has 1 saturated heterocycles. The minimum atomic E-state index is -3.19. The van der Waals surface area contributed by atoms with Crippen LogP contribution in [0.5, 0.6) is 0 Å². The maximum atomic E-state index is 12.4. The normalized spacial score (nSPS) is 17.6. The fraction of sp³-hybridized carbons (Fsp3) is 0.467. The molecule has 2 heterocycles. The fourth-order valence-electron chi connectivity index (χ4n) is 2.82. The number of benzene rings is 1. The van der Waals surface area contributed by atoms with Crippen molar-refractivity contribution in [3.05, 3.63) is 48.3 Å². The number of hydrogen-bond acceptors (Lipinski definition) is 4. The van der Waals surface area contributed by atoms with Gasteiger partial charge in [-0.05, 0) is 24.8 Å². The highest BCUT2D eigenvalue weighted by atomic mass is 32.2. The summed E-state index contributed by atoms with van der Waals surface area (Å²) in [6, 6.07) is 9.99. The Bertz CT molecular complexity index is 678. The van der Waals surface area contributed by atoms with Crippen molar-refractivity contribution in [2.75, 3.05) is 18.8 Å². The molecule has 7 heteroatoms. The molecule has 0 unspecified atom stereocenters. The third kappa shape index (κ3) is 3.53. The van der Waals surface area contributed by atoms with Gasteiger partial charge in [0.15, 0.2) is 0 Å². The molecule has 0 amide bonds. The van der Waals surface area contributed by atoms with E-state index in [1.807, 2.05) is 41.2 Å². The summed E-state index contributed by atoms with van der Waals surface area (Å²) in [5.41, 5.74) is 1.06. The highest BCUT2D eigenvalue weighted by Crippen LogP contribution is 2.23. The Kier molecular flexibility index (Phi) is 4.54. The molecule has 0 radical (unpaired) electrons. The van der Waals surface area contributed by atoms with E-state index in [0.717, 1.165) is 18.4 Å². The first kappa shape index (κ1) is 15.2. The molecule has 1 aromatic heterocycles. The molecular formula is C15H20N4O2S. The number of aromatic nitrogens is 3. The van der Waals surface area contributed by atoms with E-state index in [1.165, 1.54) is 0 Å². The van der Waals surface area contributed by atoms with Crippen molar-refractivity contribution in [3.8, 4) is 0 Å². The van der Waals surface area contributed by atoms with Gasteiger partial charge >= 0.3 is 0 Å². The number of sulfonamides is 1. The van der Waals surface area contributed by atoms with E-state index in [4.69, 9.17) is 0 Å². The van der Waals surface area contributed by atoms with Crippen LogP contribution in [0.1, 0.15) is 24.4 Å². The van der Waals surface area contributed by atoms with Crippen molar-refractivity contribution >= 4 is 10.0 Å². The molecule has 1 fully saturated rings. The summed E-state index contributed by atoms with van der Waals surface area (Å²) >= 11 is 0. The van der Waals surface area contributed by atoms with E-state index in [0.29, 0.717) is 19.5 Å². The maximum absolute atomic E-state index is 12.4. The van der Waals surface area contributed by atoms with Crippen LogP contribution in [0.3, 0.4) is 0 Å². The summed E-state index contributed by atoms with van der Waals surface area (Å²) in [5.74, 6) is 0.172. The van der Waals surface area contributed by atoms with Gasteiger partial charge in [0.2, 0.25) is 10.0 Å². The van der Waals surface area contributed by atoms with Gasteiger partial charge in [0.05, 0.1) is 18.0 Å². The van der Waals surface area contributed by atoms with Crippen LogP contribution in [0.15, 0.2) is 42.7 Å². The minimum Gasteiger partial charge on any atom is -0.249 e. The van der Waals surface area contributed by atoms with E-state index in [9.17, 15) is 8.42 Å². The highest BCUT2D eigenvalue weighted by Gasteiger charge is 2.28. The van der Waals surface area contributed by atoms with Crippen LogP contribution in [0.25, 0.3) is 0 Å². The van der Waals surface area contributed by atoms with Crippen molar-refractivity contribution < 1.29 is 8.42 Å². The number of piperidine rings is 1. The van der Waals surface area contributed by atoms with Gasteiger partial charge < -0.3 is 0 Å². The van der Waals surface area contributed by atoms with Crippen molar-refractivity contribution in [1.29, 1.82) is 0 Å². The third-order valence-corrected chi connectivity index (χ3v) is 6.00. The van der Waals surface area contributed by atoms with Gasteiger partial charge in [-0.3, -0.25) is 0 Å². The predicted octanol–water partition coefficient (Wildman–Crippen LogP) is 1.49. The predicted molar refractivity (Wildman–Crippen MR) is 83.8 cm³/mol. The minimum absolute atomic E-state index is 0.172. The number of aryl methyl sites for hydroxylation is 1. The largest absolute Gasteiger partial charge is 0.249 e. The summed E-state index contributed by atoms with van der Waals surface area (Å²) < 4.78 is 28.3. The molecule has 0 N–H and O–H groups in total. The van der Waals surface area contributed by atoms with Gasteiger partial charge in [-0.2, -0.15) is 0 Å². The second kappa shape index (κ2) is 6.58. The van der Waals surface area contributed by atoms with E-state index >= 15 is 0 Å². The standard InChI is InChI=1S/C15H20N4O2S/c20-22(21,13-8-14-4-2-1-3-5-14)18-10-6-15(7-11-18)19-12-9-16-17-19/h1-5,9,12,15H,6-8,10-11,13H2. The molecule has 0 saturated carbocycles. The summed E-state index contributed by atoms with van der Waals surface area (Å²) in [6.45, 7) is 1.11. The van der Waals surface area contributed by atoms with Crippen molar-refractivity contribution in [1.82, 2.24) is 19.3 Å². The molecule has 118 valence electrons. The highest BCUT2D eigenvalue weighted by molar-refractivity contribution is 7.89. The Morgan fingerprint density at radius 3 is 2.50 bits per heavy atom. The first-order chi connectivity index (χ1) is 10.6. The van der Waals surface area contributed by atoms with Crippen LogP contribution >= 0.6 is 0 Å². The molecule has 3 rings (SSSR count). The second-order valence-electron chi connectivity index (χ2n) is 5.56. The average Bonchev–Trinajstić information content (AvgIpc) is 3.09. The summed E-state index contributed by atoms with van der Waals surface area (Å²) in [5, 5.41) is 7.81. The van der Waals surface area contributed by atoms with E-state index in [2.05, 4.69) is 10.3 Å². The van der Waals surface area contributed by atoms with Gasteiger partial charge in [-0.1, -0.05) is 35.5 Å². The zero-order valence-corrected chi connectivity index (χ0v) is 13.2. The molecule has 22 heavy (non-hydrogen) atoms. The molecule has 1 aromatic carbocycles. The SMILES string of the molecule is O=S(=O)(CCc1ccccc1)N1CCC(n2ccnn2)CC1. The second-order valence-corrected chi connectivity index (χ2v) is 7.65. The summed E-state index contributed by atoms with van der Waals surface area (Å²) in [7, 11) is -3.19. The van der Waals surface area contributed by atoms with Crippen molar-refractivity contribution in [2.24, 2.45) is 0 Å². The Morgan fingerprint density at radius 2 is 1.86 bits per heavy atom. The van der Waals surface area contributed by atoms with Crippen LogP contribution in [0, 0.1) is 0 Å². The van der Waals surface area contributed by atoms with Crippen LogP contribution in [-0.2, 0) is 16.4 Å². The van der Waals surface area contributed by atoms with Gasteiger partial charge in [0, 0.05) is 19.3 Å². The fourth-order valence-corrected chi connectivity index (χ4v) is 4.34. The zero-order chi connectivity index (χ0) is 15.4. The molecule has 0 atom stereocenters. The van der Waals surface area contributed by atoms with Crippen molar-refractivity contribution in [2.45, 2.75) is 25.3 Å². The van der Waals surface area contributed by atoms with E-state index in [1.54, 1.807) is 10.5 Å². The summed E-state index contributed by atoms with van der Waals surface area (Å²) in [6.07, 6.45) is 5.63. The van der Waals surface area contributed by atoms with Gasteiger partial charge in [0.25, 0.3) is 0 Å². The van der Waals surface area contributed by atoms with Crippen LogP contribution in [-0.4, -0.2) is 46.6 Å². The molecule has 2 aromatic rings. The first-order valence-electron chi connectivity index (χ1n) is 7.53. The van der Waals surface area contributed by atoms with Crippen LogP contribution in [0.2, 0.25) is 0 Å². The first-order valence-corrected chi connectivity index (χ1v) is 9.13. The molecule has 0 aliphatic carbocycles. The molecule has 0 bridgehead atoms. The molecule has 0 spiro atoms. The Hall–Kier alpha value is -1.73. The van der Waals surface area contributed by atoms with Gasteiger partial charge in [0.1, 0.15) is 0 Å². The molecular weight excluding hydrogens is 300 g/mol. The Morgan fingerprint density at radius 1 is 1.14 bits per heavy atom. The van der Waals surface area contributed by atoms with Crippen LogP contribution < -0.4 is 0 Å². The van der Waals surface area contributed by atoms with E-state index < -0.39 is 10.0 Å². The molecule has 1 aliphatic heterocycles. The number of nitrogens with zero attached hydrogens (tertiary/aromatic N) is 4. The van der Waals surface area contributed by atoms with Crippen LogP contribution in [0.4, 0.5) is 0 Å². The Balaban J connectivity index is 1.55. The number of hydrogen-bond donors (Lipinski definition) is 0. The van der Waals surface area contributed by atoms with Gasteiger partial charge in [-0.25, -0.2) is 17.4 Å².